The molecule has 4 nitrogen and oxygen atoms in total. The Labute approximate surface area is 180 Å². The number of halogens is 1. The molecular formula is C20H23BIN3OS. The van der Waals surface area contributed by atoms with E-state index < -0.39 is 0 Å². The highest BCUT2D eigenvalue weighted by Gasteiger charge is 2.16. The molecule has 1 amide bonds. The summed E-state index contributed by atoms with van der Waals surface area (Å²) in [6.07, 6.45) is 1.95. The Bertz CT molecular complexity index is 814. The first-order chi connectivity index (χ1) is 12.9. The zero-order valence-corrected chi connectivity index (χ0v) is 18.6. The van der Waals surface area contributed by atoms with E-state index in [4.69, 9.17) is 7.98 Å². The molecule has 0 spiro atoms. The second-order valence-electron chi connectivity index (χ2n) is 6.86. The van der Waals surface area contributed by atoms with Crippen molar-refractivity contribution in [2.45, 2.75) is 24.3 Å². The molecule has 1 aliphatic rings. The van der Waals surface area contributed by atoms with Gasteiger partial charge in [-0.15, -0.1) is 0 Å². The van der Waals surface area contributed by atoms with E-state index in [1.807, 2.05) is 16.9 Å². The molecule has 0 fully saturated rings. The first-order valence-electron chi connectivity index (χ1n) is 8.96. The second-order valence-corrected chi connectivity index (χ2v) is 9.04. The van der Waals surface area contributed by atoms with Gasteiger partial charge in [-0.3, -0.25) is 4.79 Å². The van der Waals surface area contributed by atoms with Crippen molar-refractivity contribution in [1.82, 2.24) is 9.71 Å². The molecule has 0 unspecified atom stereocenters. The van der Waals surface area contributed by atoms with Crippen molar-refractivity contribution in [3.63, 3.8) is 0 Å². The number of nitrogens with zero attached hydrogens (tertiary/aromatic N) is 2. The number of amides is 1. The van der Waals surface area contributed by atoms with Crippen LogP contribution in [0.15, 0.2) is 41.3 Å². The van der Waals surface area contributed by atoms with Gasteiger partial charge < -0.3 is 15.0 Å². The van der Waals surface area contributed by atoms with E-state index in [-0.39, 0.29) is 5.24 Å². The predicted molar refractivity (Wildman–Crippen MR) is 123 cm³/mol. The maximum absolute atomic E-state index is 11.8. The van der Waals surface area contributed by atoms with Crippen LogP contribution in [0.25, 0.3) is 0 Å². The minimum absolute atomic E-state index is 0.0383. The molecule has 2 aromatic carbocycles. The standard InChI is InChI=1S/C20H23BIN3OS/c1-24(2)20(26)27-16-6-3-14(4-7-16)13-23-19-17-10-12-25(21)11-9-15(17)5-8-18(19)22/h3-8,23H,9-13H2,1-2H3. The van der Waals surface area contributed by atoms with Crippen LogP contribution in [0.5, 0.6) is 0 Å². The molecule has 2 radical (unpaired) electrons. The largest absolute Gasteiger partial charge is 0.380 e. The highest BCUT2D eigenvalue weighted by Crippen LogP contribution is 2.30. The van der Waals surface area contributed by atoms with E-state index in [1.165, 1.54) is 37.7 Å². The number of rotatable bonds is 4. The van der Waals surface area contributed by atoms with Crippen molar-refractivity contribution in [2.75, 3.05) is 32.5 Å². The molecule has 0 saturated carbocycles. The molecule has 1 N–H and O–H groups in total. The number of thioether (sulfide) groups is 1. The summed E-state index contributed by atoms with van der Waals surface area (Å²) < 4.78 is 1.24. The van der Waals surface area contributed by atoms with Gasteiger partial charge in [-0.05, 0) is 95.2 Å². The van der Waals surface area contributed by atoms with Crippen LogP contribution in [0.4, 0.5) is 10.5 Å². The zero-order chi connectivity index (χ0) is 19.4. The number of carbonyl (C=O) groups is 1. The summed E-state index contributed by atoms with van der Waals surface area (Å²) in [7, 11) is 9.55. The number of hydrogen-bond acceptors (Lipinski definition) is 4. The molecule has 2 aromatic rings. The van der Waals surface area contributed by atoms with Crippen LogP contribution in [0.3, 0.4) is 0 Å². The van der Waals surface area contributed by atoms with Gasteiger partial charge in [-0.1, -0.05) is 18.2 Å². The molecule has 140 valence electrons. The Morgan fingerprint density at radius 2 is 1.89 bits per heavy atom. The normalized spacial score (nSPS) is 14.3. The quantitative estimate of drug-likeness (QED) is 0.396. The van der Waals surface area contributed by atoms with Gasteiger partial charge in [0.25, 0.3) is 5.24 Å². The van der Waals surface area contributed by atoms with Crippen LogP contribution >= 0.6 is 34.4 Å². The lowest BCUT2D eigenvalue weighted by Gasteiger charge is -2.17. The van der Waals surface area contributed by atoms with E-state index in [0.29, 0.717) is 0 Å². The summed E-state index contributed by atoms with van der Waals surface area (Å²) in [5.41, 5.74) is 5.20. The number of nitrogens with one attached hydrogen (secondary N) is 1. The second kappa shape index (κ2) is 9.34. The molecule has 27 heavy (non-hydrogen) atoms. The molecule has 0 bridgehead atoms. The van der Waals surface area contributed by atoms with Crippen LogP contribution < -0.4 is 5.32 Å². The lowest BCUT2D eigenvalue weighted by atomic mass is 10.0. The van der Waals surface area contributed by atoms with Crippen LogP contribution in [0.1, 0.15) is 16.7 Å². The third-order valence-corrected chi connectivity index (χ3v) is 6.59. The van der Waals surface area contributed by atoms with Crippen LogP contribution in [0.2, 0.25) is 0 Å². The molecule has 0 aliphatic carbocycles. The molecule has 3 rings (SSSR count). The van der Waals surface area contributed by atoms with Crippen molar-refractivity contribution in [3.8, 4) is 0 Å². The third-order valence-electron chi connectivity index (χ3n) is 4.64. The summed E-state index contributed by atoms with van der Waals surface area (Å²) in [6.45, 7) is 2.54. The van der Waals surface area contributed by atoms with Gasteiger partial charge in [0.2, 0.25) is 0 Å². The average Bonchev–Trinajstić information content (AvgIpc) is 2.84. The maximum atomic E-state index is 11.8. The topological polar surface area (TPSA) is 35.6 Å². The van der Waals surface area contributed by atoms with E-state index in [2.05, 4.69) is 52.2 Å². The summed E-state index contributed by atoms with van der Waals surface area (Å²) in [5, 5.41) is 3.67. The van der Waals surface area contributed by atoms with Crippen LogP contribution in [-0.2, 0) is 19.4 Å². The van der Waals surface area contributed by atoms with E-state index >= 15 is 0 Å². The van der Waals surface area contributed by atoms with Gasteiger partial charge in [0, 0.05) is 29.1 Å². The molecule has 1 aliphatic heterocycles. The Morgan fingerprint density at radius 3 is 2.59 bits per heavy atom. The fourth-order valence-electron chi connectivity index (χ4n) is 3.06. The van der Waals surface area contributed by atoms with Crippen LogP contribution in [-0.4, -0.2) is 50.1 Å². The Morgan fingerprint density at radius 1 is 1.19 bits per heavy atom. The number of benzene rings is 2. The minimum Gasteiger partial charge on any atom is -0.380 e. The lowest BCUT2D eigenvalue weighted by molar-refractivity contribution is 0.241. The number of fused-ring (bicyclic) bond motifs is 1. The first kappa shape index (κ1) is 20.5. The Balaban J connectivity index is 1.69. The third kappa shape index (κ3) is 5.42. The molecule has 0 saturated heterocycles. The molecule has 7 heteroatoms. The van der Waals surface area contributed by atoms with Gasteiger partial charge in [0.1, 0.15) is 0 Å². The SMILES string of the molecule is [B]N1CCc2ccc(I)c(NCc3ccc(SC(=O)N(C)C)cc3)c2CC1. The highest BCUT2D eigenvalue weighted by atomic mass is 127. The Hall–Kier alpha value is -1.19. The summed E-state index contributed by atoms with van der Waals surface area (Å²) in [6, 6.07) is 12.6. The van der Waals surface area contributed by atoms with Crippen molar-refractivity contribution >= 4 is 53.3 Å². The van der Waals surface area contributed by atoms with Crippen molar-refractivity contribution < 1.29 is 4.79 Å². The smallest absolute Gasteiger partial charge is 0.285 e. The highest BCUT2D eigenvalue weighted by molar-refractivity contribution is 14.1. The lowest BCUT2D eigenvalue weighted by Crippen LogP contribution is -2.22. The summed E-state index contributed by atoms with van der Waals surface area (Å²) in [4.78, 5) is 16.3. The summed E-state index contributed by atoms with van der Waals surface area (Å²) in [5.74, 6) is 0. The van der Waals surface area contributed by atoms with E-state index in [1.54, 1.807) is 19.0 Å². The van der Waals surface area contributed by atoms with Gasteiger partial charge in [-0.2, -0.15) is 0 Å². The van der Waals surface area contributed by atoms with Crippen molar-refractivity contribution in [3.05, 3.63) is 56.7 Å². The van der Waals surface area contributed by atoms with Crippen LogP contribution in [0, 0.1) is 3.57 Å². The van der Waals surface area contributed by atoms with Gasteiger partial charge in [0.15, 0.2) is 7.98 Å². The van der Waals surface area contributed by atoms with Gasteiger partial charge in [0.05, 0.1) is 5.69 Å². The minimum atomic E-state index is 0.0383. The molecule has 0 aromatic heterocycles. The van der Waals surface area contributed by atoms with Gasteiger partial charge in [-0.25, -0.2) is 0 Å². The average molecular weight is 491 g/mol. The Kier molecular flexibility index (Phi) is 7.11. The predicted octanol–water partition coefficient (Wildman–Crippen LogP) is 4.16. The van der Waals surface area contributed by atoms with E-state index in [0.717, 1.165) is 37.4 Å². The molecule has 0 atom stereocenters. The van der Waals surface area contributed by atoms with Gasteiger partial charge >= 0.3 is 0 Å². The molecule has 1 heterocycles. The first-order valence-corrected chi connectivity index (χ1v) is 10.9. The number of anilines is 1. The maximum Gasteiger partial charge on any atom is 0.285 e. The summed E-state index contributed by atoms with van der Waals surface area (Å²) >= 11 is 3.65. The van der Waals surface area contributed by atoms with Crippen molar-refractivity contribution in [1.29, 1.82) is 0 Å². The molecular weight excluding hydrogens is 468 g/mol. The monoisotopic (exact) mass is 491 g/mol. The fraction of sp³-hybridized carbons (Fsp3) is 0.350. The van der Waals surface area contributed by atoms with E-state index in [9.17, 15) is 4.79 Å². The zero-order valence-electron chi connectivity index (χ0n) is 15.7. The van der Waals surface area contributed by atoms with Crippen molar-refractivity contribution in [2.24, 2.45) is 0 Å². The number of hydrogen-bond donors (Lipinski definition) is 1. The number of carbonyl (C=O) groups excluding carboxylic acids is 1. The fourth-order valence-corrected chi connectivity index (χ4v) is 4.41.